The van der Waals surface area contributed by atoms with Crippen LogP contribution in [0.4, 0.5) is 10.1 Å². The van der Waals surface area contributed by atoms with Crippen molar-refractivity contribution in [3.8, 4) is 0 Å². The van der Waals surface area contributed by atoms with Crippen molar-refractivity contribution >= 4 is 11.6 Å². The highest BCUT2D eigenvalue weighted by molar-refractivity contribution is 6.07. The van der Waals surface area contributed by atoms with E-state index in [1.807, 2.05) is 31.3 Å². The van der Waals surface area contributed by atoms with Gasteiger partial charge >= 0.3 is 0 Å². The minimum Gasteiger partial charge on any atom is -0.395 e. The molecule has 2 aromatic rings. The van der Waals surface area contributed by atoms with Crippen molar-refractivity contribution < 1.29 is 14.3 Å². The Balaban J connectivity index is 1.73. The van der Waals surface area contributed by atoms with Crippen LogP contribution in [-0.2, 0) is 0 Å². The highest BCUT2D eigenvalue weighted by Gasteiger charge is 2.51. The molecule has 5 heteroatoms. The lowest BCUT2D eigenvalue weighted by Crippen LogP contribution is -2.67. The Labute approximate surface area is 140 Å². The van der Waals surface area contributed by atoms with Gasteiger partial charge < -0.3 is 10.0 Å². The maximum absolute atomic E-state index is 13.1. The van der Waals surface area contributed by atoms with Gasteiger partial charge in [0, 0.05) is 35.8 Å². The molecule has 2 aliphatic heterocycles. The third-order valence-electron chi connectivity index (χ3n) is 5.35. The number of carbonyl (C=O) groups excluding carboxylic acids is 1. The number of halogens is 1. The predicted octanol–water partition coefficient (Wildman–Crippen LogP) is 2.24. The van der Waals surface area contributed by atoms with E-state index >= 15 is 0 Å². The van der Waals surface area contributed by atoms with Crippen LogP contribution in [0, 0.1) is 5.82 Å². The van der Waals surface area contributed by atoms with E-state index in [4.69, 9.17) is 0 Å². The van der Waals surface area contributed by atoms with Crippen LogP contribution in [0.25, 0.3) is 0 Å². The highest BCUT2D eigenvalue weighted by atomic mass is 19.1. The molecule has 2 aliphatic rings. The minimum atomic E-state index is -0.352. The van der Waals surface area contributed by atoms with E-state index < -0.39 is 0 Å². The molecule has 0 aromatic heterocycles. The van der Waals surface area contributed by atoms with Crippen molar-refractivity contribution in [2.24, 2.45) is 0 Å². The average molecular weight is 326 g/mol. The van der Waals surface area contributed by atoms with E-state index in [0.29, 0.717) is 12.1 Å². The van der Waals surface area contributed by atoms with Gasteiger partial charge in [0.2, 0.25) is 0 Å². The maximum atomic E-state index is 13.1. The van der Waals surface area contributed by atoms with Crippen LogP contribution in [0.5, 0.6) is 0 Å². The number of likely N-dealkylation sites (tertiary alicyclic amines) is 1. The number of para-hydroxylation sites is 1. The zero-order valence-electron chi connectivity index (χ0n) is 13.4. The van der Waals surface area contributed by atoms with Crippen LogP contribution in [-0.4, -0.2) is 48.2 Å². The van der Waals surface area contributed by atoms with E-state index in [2.05, 4.69) is 4.90 Å². The van der Waals surface area contributed by atoms with Crippen molar-refractivity contribution in [3.05, 3.63) is 65.5 Å². The third kappa shape index (κ3) is 2.16. The fourth-order valence-electron chi connectivity index (χ4n) is 4.05. The molecule has 1 saturated heterocycles. The Hall–Kier alpha value is -2.24. The number of fused-ring (bicyclic) bond motifs is 3. The Morgan fingerprint density at radius 2 is 1.92 bits per heavy atom. The zero-order valence-corrected chi connectivity index (χ0v) is 13.4. The number of aliphatic hydroxyl groups excluding tert-OH is 1. The van der Waals surface area contributed by atoms with Crippen molar-refractivity contribution in [2.45, 2.75) is 18.0 Å². The average Bonchev–Trinajstić information content (AvgIpc) is 2.61. The summed E-state index contributed by atoms with van der Waals surface area (Å²) in [4.78, 5) is 16.8. The molecule has 0 bridgehead atoms. The Morgan fingerprint density at radius 3 is 2.62 bits per heavy atom. The van der Waals surface area contributed by atoms with Crippen LogP contribution in [0.15, 0.2) is 48.5 Å². The molecular weight excluding hydrogens is 307 g/mol. The Morgan fingerprint density at radius 1 is 1.21 bits per heavy atom. The Kier molecular flexibility index (Phi) is 3.62. The molecule has 24 heavy (non-hydrogen) atoms. The largest absolute Gasteiger partial charge is 0.395 e. The summed E-state index contributed by atoms with van der Waals surface area (Å²) in [5, 5.41) is 9.64. The monoisotopic (exact) mass is 326 g/mol. The first-order chi connectivity index (χ1) is 11.6. The third-order valence-corrected chi connectivity index (χ3v) is 5.35. The van der Waals surface area contributed by atoms with Gasteiger partial charge in [0.1, 0.15) is 5.82 Å². The first-order valence-corrected chi connectivity index (χ1v) is 8.11. The van der Waals surface area contributed by atoms with Crippen molar-refractivity contribution in [1.29, 1.82) is 0 Å². The fraction of sp³-hybridized carbons (Fsp3) is 0.316. The number of hydrogen-bond donors (Lipinski definition) is 1. The van der Waals surface area contributed by atoms with E-state index in [-0.39, 0.29) is 36.3 Å². The summed E-state index contributed by atoms with van der Waals surface area (Å²) >= 11 is 0. The van der Waals surface area contributed by atoms with Crippen LogP contribution >= 0.6 is 0 Å². The minimum absolute atomic E-state index is 0.0965. The molecule has 2 aromatic carbocycles. The maximum Gasteiger partial charge on any atom is 0.258 e. The van der Waals surface area contributed by atoms with Gasteiger partial charge in [-0.15, -0.1) is 0 Å². The van der Waals surface area contributed by atoms with Gasteiger partial charge in [-0.2, -0.15) is 0 Å². The summed E-state index contributed by atoms with van der Waals surface area (Å²) in [5.74, 6) is -0.231. The van der Waals surface area contributed by atoms with Gasteiger partial charge in [-0.3, -0.25) is 9.69 Å². The summed E-state index contributed by atoms with van der Waals surface area (Å²) in [6.07, 6.45) is 0. The normalized spacial score (nSPS) is 25.6. The first-order valence-electron chi connectivity index (χ1n) is 8.11. The highest BCUT2D eigenvalue weighted by Crippen LogP contribution is 2.47. The summed E-state index contributed by atoms with van der Waals surface area (Å²) < 4.78 is 13.1. The number of anilines is 1. The zero-order chi connectivity index (χ0) is 16.8. The lowest BCUT2D eigenvalue weighted by molar-refractivity contribution is -0.0208. The van der Waals surface area contributed by atoms with Crippen LogP contribution in [0.3, 0.4) is 0 Å². The molecule has 1 fully saturated rings. The molecule has 0 spiro atoms. The van der Waals surface area contributed by atoms with Gasteiger partial charge in [-0.1, -0.05) is 18.2 Å². The predicted molar refractivity (Wildman–Crippen MR) is 89.7 cm³/mol. The number of rotatable bonds is 2. The summed E-state index contributed by atoms with van der Waals surface area (Å²) in [7, 11) is 1.98. The molecule has 0 aliphatic carbocycles. The van der Waals surface area contributed by atoms with E-state index in [1.165, 1.54) is 24.3 Å². The Bertz CT molecular complexity index is 777. The van der Waals surface area contributed by atoms with Gasteiger partial charge in [0.05, 0.1) is 6.61 Å². The molecule has 2 heterocycles. The lowest BCUT2D eigenvalue weighted by Gasteiger charge is -2.57. The van der Waals surface area contributed by atoms with E-state index in [1.54, 1.807) is 4.90 Å². The number of hydrogen-bond acceptors (Lipinski definition) is 3. The van der Waals surface area contributed by atoms with Crippen molar-refractivity contribution in [1.82, 2.24) is 4.90 Å². The second-order valence-electron chi connectivity index (χ2n) is 6.49. The second-order valence-corrected chi connectivity index (χ2v) is 6.49. The fourth-order valence-corrected chi connectivity index (χ4v) is 4.05. The molecule has 1 N–H and O–H groups in total. The number of nitrogens with zero attached hydrogens (tertiary/aromatic N) is 2. The number of amides is 1. The number of benzene rings is 2. The number of carbonyl (C=O) groups is 1. The molecule has 1 amide bonds. The second kappa shape index (κ2) is 5.69. The summed E-state index contributed by atoms with van der Waals surface area (Å²) in [6, 6.07) is 13.8. The smallest absolute Gasteiger partial charge is 0.258 e. The van der Waals surface area contributed by atoms with Crippen LogP contribution < -0.4 is 4.90 Å². The number of likely N-dealkylation sites (N-methyl/N-ethyl adjacent to an activating group) is 1. The SMILES string of the molecule is CN1[C@@H]2CN(C(=O)c3ccc(F)cc3)c3ccccc3[C@@H]2[C@@H]1CO. The molecule has 0 unspecified atom stereocenters. The first kappa shape index (κ1) is 15.3. The van der Waals surface area contributed by atoms with E-state index in [0.717, 1.165) is 11.3 Å². The van der Waals surface area contributed by atoms with Gasteiger partial charge in [-0.25, -0.2) is 4.39 Å². The molecule has 3 atom stereocenters. The molecule has 0 radical (unpaired) electrons. The van der Waals surface area contributed by atoms with Gasteiger partial charge in [0.25, 0.3) is 5.91 Å². The number of aliphatic hydroxyl groups is 1. The topological polar surface area (TPSA) is 43.8 Å². The quantitative estimate of drug-likeness (QED) is 0.920. The summed E-state index contributed by atoms with van der Waals surface area (Å²) in [6.45, 7) is 0.683. The molecule has 0 saturated carbocycles. The van der Waals surface area contributed by atoms with Crippen LogP contribution in [0.1, 0.15) is 21.8 Å². The lowest BCUT2D eigenvalue weighted by atomic mass is 9.72. The van der Waals surface area contributed by atoms with Crippen molar-refractivity contribution in [2.75, 3.05) is 25.1 Å². The molecule has 4 rings (SSSR count). The molecule has 124 valence electrons. The van der Waals surface area contributed by atoms with Gasteiger partial charge in [-0.05, 0) is 42.9 Å². The van der Waals surface area contributed by atoms with Crippen molar-refractivity contribution in [3.63, 3.8) is 0 Å². The van der Waals surface area contributed by atoms with E-state index in [9.17, 15) is 14.3 Å². The van der Waals surface area contributed by atoms with Gasteiger partial charge in [0.15, 0.2) is 0 Å². The van der Waals surface area contributed by atoms with Crippen LogP contribution in [0.2, 0.25) is 0 Å². The molecular formula is C19H19FN2O2. The molecule has 4 nitrogen and oxygen atoms in total. The standard InChI is InChI=1S/C19H19FN2O2/c1-21-16-10-22(19(24)12-6-8-13(20)9-7-12)15-5-3-2-4-14(15)18(16)17(21)11-23/h2-9,16-18,23H,10-11H2,1H3/t16-,17+,18+/m1/s1. The summed E-state index contributed by atoms with van der Waals surface area (Å²) in [5.41, 5.74) is 2.46.